The lowest BCUT2D eigenvalue weighted by atomic mass is 10.1. The highest BCUT2D eigenvalue weighted by Crippen LogP contribution is 2.26. The molecule has 0 radical (unpaired) electrons. The predicted molar refractivity (Wildman–Crippen MR) is 94.7 cm³/mol. The molecule has 4 rings (SSSR count). The maximum absolute atomic E-state index is 5.41. The standard InChI is InChI=1S/C19H21N5O/c1-14-20-10-16(24(14)15-6-4-3-5-7-15)11-23-9-8-18-17(12-23)19(25-2)22-13-21-18/h3-7,10,13H,8-9,11-12H2,1-2H3. The topological polar surface area (TPSA) is 56.1 Å². The van der Waals surface area contributed by atoms with Crippen molar-refractivity contribution in [2.75, 3.05) is 13.7 Å². The molecular formula is C19H21N5O. The number of imidazole rings is 1. The van der Waals surface area contributed by atoms with Crippen molar-refractivity contribution in [2.45, 2.75) is 26.4 Å². The molecule has 0 saturated carbocycles. The van der Waals surface area contributed by atoms with Gasteiger partial charge in [0, 0.05) is 37.3 Å². The summed E-state index contributed by atoms with van der Waals surface area (Å²) in [7, 11) is 1.66. The average molecular weight is 335 g/mol. The van der Waals surface area contributed by atoms with Crippen molar-refractivity contribution >= 4 is 0 Å². The number of rotatable bonds is 4. The summed E-state index contributed by atoms with van der Waals surface area (Å²) in [6.45, 7) is 4.62. The molecule has 0 amide bonds. The van der Waals surface area contributed by atoms with Crippen LogP contribution in [-0.4, -0.2) is 38.1 Å². The molecule has 0 spiro atoms. The van der Waals surface area contributed by atoms with Gasteiger partial charge in [0.1, 0.15) is 12.2 Å². The van der Waals surface area contributed by atoms with E-state index in [1.54, 1.807) is 13.4 Å². The molecule has 6 nitrogen and oxygen atoms in total. The summed E-state index contributed by atoms with van der Waals surface area (Å²) in [5, 5.41) is 0. The van der Waals surface area contributed by atoms with Crippen LogP contribution in [0.15, 0.2) is 42.9 Å². The summed E-state index contributed by atoms with van der Waals surface area (Å²) in [4.78, 5) is 15.6. The Morgan fingerprint density at radius 2 is 1.96 bits per heavy atom. The summed E-state index contributed by atoms with van der Waals surface area (Å²) >= 11 is 0. The Balaban J connectivity index is 1.60. The molecule has 0 saturated heterocycles. The van der Waals surface area contributed by atoms with E-state index in [1.165, 1.54) is 5.69 Å². The minimum Gasteiger partial charge on any atom is -0.481 e. The lowest BCUT2D eigenvalue weighted by molar-refractivity contribution is 0.232. The smallest absolute Gasteiger partial charge is 0.220 e. The van der Waals surface area contributed by atoms with E-state index in [9.17, 15) is 0 Å². The van der Waals surface area contributed by atoms with E-state index < -0.39 is 0 Å². The zero-order valence-electron chi connectivity index (χ0n) is 14.5. The Labute approximate surface area is 147 Å². The van der Waals surface area contributed by atoms with Crippen molar-refractivity contribution in [3.63, 3.8) is 0 Å². The molecule has 1 aromatic carbocycles. The molecular weight excluding hydrogens is 314 g/mol. The van der Waals surface area contributed by atoms with Gasteiger partial charge in [-0.15, -0.1) is 0 Å². The van der Waals surface area contributed by atoms with Crippen LogP contribution in [-0.2, 0) is 19.5 Å². The van der Waals surface area contributed by atoms with Crippen LogP contribution in [0.4, 0.5) is 0 Å². The van der Waals surface area contributed by atoms with Gasteiger partial charge in [0.2, 0.25) is 5.88 Å². The van der Waals surface area contributed by atoms with Crippen molar-refractivity contribution in [3.05, 3.63) is 65.6 Å². The Morgan fingerprint density at radius 3 is 2.76 bits per heavy atom. The van der Waals surface area contributed by atoms with Crippen molar-refractivity contribution in [2.24, 2.45) is 0 Å². The van der Waals surface area contributed by atoms with Gasteiger partial charge in [-0.25, -0.2) is 15.0 Å². The summed E-state index contributed by atoms with van der Waals surface area (Å²) in [5.74, 6) is 1.68. The molecule has 0 aliphatic carbocycles. The van der Waals surface area contributed by atoms with Crippen LogP contribution in [0.2, 0.25) is 0 Å². The molecule has 0 fully saturated rings. The van der Waals surface area contributed by atoms with Gasteiger partial charge in [0.15, 0.2) is 0 Å². The monoisotopic (exact) mass is 335 g/mol. The zero-order valence-corrected chi connectivity index (χ0v) is 14.5. The third-order valence-corrected chi connectivity index (χ3v) is 4.65. The third kappa shape index (κ3) is 3.00. The summed E-state index contributed by atoms with van der Waals surface area (Å²) in [6.07, 6.45) is 4.46. The molecule has 3 heterocycles. The first-order valence-corrected chi connectivity index (χ1v) is 8.44. The molecule has 0 unspecified atom stereocenters. The molecule has 1 aliphatic rings. The molecule has 0 atom stereocenters. The maximum atomic E-state index is 5.41. The highest BCUT2D eigenvalue weighted by Gasteiger charge is 2.23. The Bertz CT molecular complexity index is 861. The van der Waals surface area contributed by atoms with E-state index in [1.807, 2.05) is 19.2 Å². The number of ether oxygens (including phenoxy) is 1. The van der Waals surface area contributed by atoms with Crippen LogP contribution in [0.5, 0.6) is 5.88 Å². The minimum atomic E-state index is 0.683. The summed E-state index contributed by atoms with van der Waals surface area (Å²) in [6, 6.07) is 10.4. The first-order valence-electron chi connectivity index (χ1n) is 8.44. The minimum absolute atomic E-state index is 0.683. The number of aromatic nitrogens is 4. The van der Waals surface area contributed by atoms with Gasteiger partial charge in [0.25, 0.3) is 0 Å². The highest BCUT2D eigenvalue weighted by atomic mass is 16.5. The van der Waals surface area contributed by atoms with Crippen molar-refractivity contribution in [1.82, 2.24) is 24.4 Å². The van der Waals surface area contributed by atoms with Gasteiger partial charge in [-0.3, -0.25) is 9.47 Å². The van der Waals surface area contributed by atoms with Crippen molar-refractivity contribution in [1.29, 1.82) is 0 Å². The van der Waals surface area contributed by atoms with Gasteiger partial charge in [0.05, 0.1) is 24.7 Å². The van der Waals surface area contributed by atoms with Gasteiger partial charge < -0.3 is 4.74 Å². The zero-order chi connectivity index (χ0) is 17.2. The SMILES string of the molecule is COc1ncnc2c1CN(Cc1cnc(C)n1-c1ccccc1)CC2. The van der Waals surface area contributed by atoms with Crippen molar-refractivity contribution < 1.29 is 4.74 Å². The quantitative estimate of drug-likeness (QED) is 0.733. The number of fused-ring (bicyclic) bond motifs is 1. The van der Waals surface area contributed by atoms with E-state index in [2.05, 4.69) is 48.7 Å². The van der Waals surface area contributed by atoms with E-state index in [0.29, 0.717) is 5.88 Å². The Kier molecular flexibility index (Phi) is 4.19. The lowest BCUT2D eigenvalue weighted by Gasteiger charge is -2.28. The van der Waals surface area contributed by atoms with E-state index in [4.69, 9.17) is 4.74 Å². The molecule has 3 aromatic rings. The van der Waals surface area contributed by atoms with Crippen molar-refractivity contribution in [3.8, 4) is 11.6 Å². The first kappa shape index (κ1) is 15.8. The van der Waals surface area contributed by atoms with Crippen LogP contribution >= 0.6 is 0 Å². The number of methoxy groups -OCH3 is 1. The fourth-order valence-electron chi connectivity index (χ4n) is 3.44. The van der Waals surface area contributed by atoms with Gasteiger partial charge in [-0.05, 0) is 19.1 Å². The number of hydrogen-bond acceptors (Lipinski definition) is 5. The molecule has 2 aromatic heterocycles. The number of nitrogens with zero attached hydrogens (tertiary/aromatic N) is 5. The van der Waals surface area contributed by atoms with Crippen LogP contribution < -0.4 is 4.74 Å². The van der Waals surface area contributed by atoms with E-state index in [0.717, 1.165) is 48.8 Å². The fraction of sp³-hybridized carbons (Fsp3) is 0.316. The second-order valence-electron chi connectivity index (χ2n) is 6.24. The highest BCUT2D eigenvalue weighted by molar-refractivity contribution is 5.36. The van der Waals surface area contributed by atoms with Gasteiger partial charge in [-0.1, -0.05) is 18.2 Å². The van der Waals surface area contributed by atoms with E-state index >= 15 is 0 Å². The third-order valence-electron chi connectivity index (χ3n) is 4.65. The van der Waals surface area contributed by atoms with Crippen LogP contribution in [0.1, 0.15) is 22.8 Å². The lowest BCUT2D eigenvalue weighted by Crippen LogP contribution is -2.32. The average Bonchev–Trinajstić information content (AvgIpc) is 3.02. The molecule has 0 bridgehead atoms. The van der Waals surface area contributed by atoms with Crippen LogP contribution in [0.25, 0.3) is 5.69 Å². The second-order valence-corrected chi connectivity index (χ2v) is 6.24. The number of hydrogen-bond donors (Lipinski definition) is 0. The fourth-order valence-corrected chi connectivity index (χ4v) is 3.44. The number of para-hydroxylation sites is 1. The normalized spacial score (nSPS) is 14.3. The predicted octanol–water partition coefficient (Wildman–Crippen LogP) is 2.54. The molecule has 1 aliphatic heterocycles. The number of aryl methyl sites for hydroxylation is 1. The second kappa shape index (κ2) is 6.64. The largest absolute Gasteiger partial charge is 0.481 e. The molecule has 128 valence electrons. The molecule has 25 heavy (non-hydrogen) atoms. The van der Waals surface area contributed by atoms with Crippen LogP contribution in [0, 0.1) is 6.92 Å². The Morgan fingerprint density at radius 1 is 1.12 bits per heavy atom. The Hall–Kier alpha value is -2.73. The summed E-state index contributed by atoms with van der Waals surface area (Å²) in [5.41, 5.74) is 4.52. The van der Waals surface area contributed by atoms with Crippen LogP contribution in [0.3, 0.4) is 0 Å². The molecule has 6 heteroatoms. The van der Waals surface area contributed by atoms with Gasteiger partial charge >= 0.3 is 0 Å². The van der Waals surface area contributed by atoms with E-state index in [-0.39, 0.29) is 0 Å². The maximum Gasteiger partial charge on any atom is 0.220 e. The number of benzene rings is 1. The first-order chi connectivity index (χ1) is 12.3. The molecule has 0 N–H and O–H groups in total. The summed E-state index contributed by atoms with van der Waals surface area (Å²) < 4.78 is 7.63. The van der Waals surface area contributed by atoms with Gasteiger partial charge in [-0.2, -0.15) is 0 Å².